The molecule has 0 aliphatic carbocycles. The Bertz CT molecular complexity index is 358. The minimum Gasteiger partial charge on any atom is -0.379 e. The molecule has 3 nitrogen and oxygen atoms in total. The quantitative estimate of drug-likeness (QED) is 0.733. The lowest BCUT2D eigenvalue weighted by Crippen LogP contribution is -2.35. The van der Waals surface area contributed by atoms with Crippen molar-refractivity contribution in [3.63, 3.8) is 0 Å². The molecule has 1 aromatic rings. The molecule has 0 unspecified atom stereocenters. The number of ether oxygens (including phenoxy) is 2. The van der Waals surface area contributed by atoms with Crippen molar-refractivity contribution in [2.75, 3.05) is 19.8 Å². The van der Waals surface area contributed by atoms with E-state index in [-0.39, 0.29) is 5.54 Å². The molecule has 0 aromatic heterocycles. The zero-order chi connectivity index (χ0) is 14.1. The summed E-state index contributed by atoms with van der Waals surface area (Å²) in [6.07, 6.45) is 0. The van der Waals surface area contributed by atoms with E-state index in [1.807, 2.05) is 6.92 Å². The molecule has 0 saturated heterocycles. The average Bonchev–Trinajstić information content (AvgIpc) is 2.36. The van der Waals surface area contributed by atoms with Crippen molar-refractivity contribution in [1.29, 1.82) is 0 Å². The lowest BCUT2D eigenvalue weighted by molar-refractivity contribution is 0.0450. The van der Waals surface area contributed by atoms with Gasteiger partial charge >= 0.3 is 0 Å². The van der Waals surface area contributed by atoms with Gasteiger partial charge in [0.2, 0.25) is 0 Å². The van der Waals surface area contributed by atoms with Crippen molar-refractivity contribution in [2.24, 2.45) is 0 Å². The van der Waals surface area contributed by atoms with E-state index in [1.165, 1.54) is 11.1 Å². The van der Waals surface area contributed by atoms with Gasteiger partial charge < -0.3 is 14.8 Å². The van der Waals surface area contributed by atoms with E-state index < -0.39 is 0 Å². The van der Waals surface area contributed by atoms with Crippen LogP contribution in [-0.4, -0.2) is 25.4 Å². The highest BCUT2D eigenvalue weighted by molar-refractivity contribution is 5.26. The van der Waals surface area contributed by atoms with Gasteiger partial charge in [0.25, 0.3) is 0 Å². The molecule has 0 spiro atoms. The third kappa shape index (κ3) is 7.31. The van der Waals surface area contributed by atoms with Crippen LogP contribution in [0.25, 0.3) is 0 Å². The molecule has 0 amide bonds. The van der Waals surface area contributed by atoms with Gasteiger partial charge in [-0.3, -0.25) is 0 Å². The topological polar surface area (TPSA) is 30.5 Å². The summed E-state index contributed by atoms with van der Waals surface area (Å²) in [4.78, 5) is 0. The van der Waals surface area contributed by atoms with E-state index in [9.17, 15) is 0 Å². The van der Waals surface area contributed by atoms with E-state index in [0.717, 1.165) is 13.2 Å². The predicted molar refractivity (Wildman–Crippen MR) is 79.2 cm³/mol. The van der Waals surface area contributed by atoms with Crippen molar-refractivity contribution in [3.05, 3.63) is 35.4 Å². The molecule has 1 aromatic carbocycles. The lowest BCUT2D eigenvalue weighted by atomic mass is 10.1. The highest BCUT2D eigenvalue weighted by atomic mass is 16.5. The second-order valence-electron chi connectivity index (χ2n) is 5.62. The maximum atomic E-state index is 5.64. The fraction of sp³-hybridized carbons (Fsp3) is 0.625. The van der Waals surface area contributed by atoms with Gasteiger partial charge in [0, 0.05) is 18.7 Å². The summed E-state index contributed by atoms with van der Waals surface area (Å²) >= 11 is 0. The molecule has 0 aliphatic rings. The summed E-state index contributed by atoms with van der Waals surface area (Å²) < 4.78 is 10.9. The van der Waals surface area contributed by atoms with E-state index in [2.05, 4.69) is 50.4 Å². The Morgan fingerprint density at radius 2 is 1.63 bits per heavy atom. The summed E-state index contributed by atoms with van der Waals surface area (Å²) in [5.74, 6) is 0. The van der Waals surface area contributed by atoms with Gasteiger partial charge in [0.15, 0.2) is 0 Å². The van der Waals surface area contributed by atoms with Crippen LogP contribution < -0.4 is 5.32 Å². The number of rotatable bonds is 8. The van der Waals surface area contributed by atoms with Crippen LogP contribution in [-0.2, 0) is 22.6 Å². The van der Waals surface area contributed by atoms with Crippen molar-refractivity contribution >= 4 is 0 Å². The van der Waals surface area contributed by atoms with Crippen molar-refractivity contribution in [2.45, 2.75) is 46.4 Å². The van der Waals surface area contributed by atoms with Gasteiger partial charge in [-0.05, 0) is 38.8 Å². The third-order valence-electron chi connectivity index (χ3n) is 2.76. The highest BCUT2D eigenvalue weighted by Gasteiger charge is 2.10. The molecule has 108 valence electrons. The van der Waals surface area contributed by atoms with Gasteiger partial charge in [-0.25, -0.2) is 0 Å². The smallest absolute Gasteiger partial charge is 0.0721 e. The van der Waals surface area contributed by atoms with Gasteiger partial charge in [0.05, 0.1) is 19.8 Å². The van der Waals surface area contributed by atoms with E-state index >= 15 is 0 Å². The van der Waals surface area contributed by atoms with Crippen LogP contribution in [0.4, 0.5) is 0 Å². The largest absolute Gasteiger partial charge is 0.379 e. The lowest BCUT2D eigenvalue weighted by Gasteiger charge is -2.21. The van der Waals surface area contributed by atoms with Crippen LogP contribution in [0, 0.1) is 0 Å². The summed E-state index contributed by atoms with van der Waals surface area (Å²) in [5.41, 5.74) is 2.67. The van der Waals surface area contributed by atoms with Crippen LogP contribution >= 0.6 is 0 Å². The molecule has 0 heterocycles. The molecule has 19 heavy (non-hydrogen) atoms. The third-order valence-corrected chi connectivity index (χ3v) is 2.76. The summed E-state index contributed by atoms with van der Waals surface area (Å²) in [5, 5.41) is 3.51. The monoisotopic (exact) mass is 265 g/mol. The second kappa shape index (κ2) is 8.31. The molecular formula is C16H27NO2. The molecule has 1 N–H and O–H groups in total. The van der Waals surface area contributed by atoms with E-state index in [4.69, 9.17) is 9.47 Å². The van der Waals surface area contributed by atoms with Crippen LogP contribution in [0.15, 0.2) is 24.3 Å². The van der Waals surface area contributed by atoms with Gasteiger partial charge in [-0.1, -0.05) is 24.3 Å². The molecule has 0 bridgehead atoms. The number of hydrogen-bond donors (Lipinski definition) is 1. The fourth-order valence-corrected chi connectivity index (χ4v) is 1.68. The van der Waals surface area contributed by atoms with Crippen molar-refractivity contribution in [3.8, 4) is 0 Å². The van der Waals surface area contributed by atoms with Crippen molar-refractivity contribution in [1.82, 2.24) is 5.32 Å². The standard InChI is InChI=1S/C16H27NO2/c1-5-18-10-11-19-13-15-9-7-6-8-14(15)12-17-16(2,3)4/h6-9,17H,5,10-13H2,1-4H3. The molecule has 0 saturated carbocycles. The van der Waals surface area contributed by atoms with Crippen molar-refractivity contribution < 1.29 is 9.47 Å². The maximum Gasteiger partial charge on any atom is 0.0721 e. The van der Waals surface area contributed by atoms with Gasteiger partial charge in [-0.2, -0.15) is 0 Å². The number of nitrogens with one attached hydrogen (secondary N) is 1. The first-order valence-electron chi connectivity index (χ1n) is 7.00. The summed E-state index contributed by atoms with van der Waals surface area (Å²) in [6.45, 7) is 12.1. The molecule has 0 aliphatic heterocycles. The maximum absolute atomic E-state index is 5.64. The molecule has 3 heteroatoms. The van der Waals surface area contributed by atoms with Crippen LogP contribution in [0.5, 0.6) is 0 Å². The molecular weight excluding hydrogens is 238 g/mol. The molecule has 0 fully saturated rings. The molecule has 0 radical (unpaired) electrons. The Labute approximate surface area is 117 Å². The zero-order valence-corrected chi connectivity index (χ0v) is 12.7. The first kappa shape index (κ1) is 16.2. The predicted octanol–water partition coefficient (Wildman–Crippen LogP) is 3.13. The molecule has 1 rings (SSSR count). The van der Waals surface area contributed by atoms with E-state index in [1.54, 1.807) is 0 Å². The first-order chi connectivity index (χ1) is 9.03. The number of benzene rings is 1. The zero-order valence-electron chi connectivity index (χ0n) is 12.7. The highest BCUT2D eigenvalue weighted by Crippen LogP contribution is 2.11. The van der Waals surface area contributed by atoms with E-state index in [0.29, 0.717) is 19.8 Å². The average molecular weight is 265 g/mol. The Kier molecular flexibility index (Phi) is 7.06. The SMILES string of the molecule is CCOCCOCc1ccccc1CNC(C)(C)C. The first-order valence-corrected chi connectivity index (χ1v) is 7.00. The summed E-state index contributed by atoms with van der Waals surface area (Å²) in [6, 6.07) is 8.41. The minimum atomic E-state index is 0.128. The van der Waals surface area contributed by atoms with Gasteiger partial charge in [-0.15, -0.1) is 0 Å². The second-order valence-corrected chi connectivity index (χ2v) is 5.62. The Balaban J connectivity index is 2.44. The number of hydrogen-bond acceptors (Lipinski definition) is 3. The van der Waals surface area contributed by atoms with Crippen LogP contribution in [0.1, 0.15) is 38.8 Å². The Morgan fingerprint density at radius 3 is 2.26 bits per heavy atom. The van der Waals surface area contributed by atoms with Crippen LogP contribution in [0.2, 0.25) is 0 Å². The normalized spacial score (nSPS) is 11.8. The Morgan fingerprint density at radius 1 is 1.00 bits per heavy atom. The van der Waals surface area contributed by atoms with Crippen LogP contribution in [0.3, 0.4) is 0 Å². The minimum absolute atomic E-state index is 0.128. The van der Waals surface area contributed by atoms with Gasteiger partial charge in [0.1, 0.15) is 0 Å². The molecule has 0 atom stereocenters. The Hall–Kier alpha value is -0.900. The fourth-order valence-electron chi connectivity index (χ4n) is 1.68. The summed E-state index contributed by atoms with van der Waals surface area (Å²) in [7, 11) is 0.